The van der Waals surface area contributed by atoms with Crippen LogP contribution in [0.1, 0.15) is 16.7 Å². The predicted molar refractivity (Wildman–Crippen MR) is 93.9 cm³/mol. The molecule has 0 radical (unpaired) electrons. The molecule has 0 spiro atoms. The molecule has 2 aromatic carbocycles. The number of hydrogen-bond acceptors (Lipinski definition) is 4. The second kappa shape index (κ2) is 7.15. The summed E-state index contributed by atoms with van der Waals surface area (Å²) in [5.74, 6) is 1.06. The number of ether oxygens (including phenoxy) is 3. The van der Waals surface area contributed by atoms with E-state index in [1.54, 1.807) is 14.2 Å². The van der Waals surface area contributed by atoms with E-state index in [1.807, 2.05) is 42.5 Å². The predicted octanol–water partition coefficient (Wildman–Crippen LogP) is 1.43. The minimum Gasteiger partial charge on any atom is -0.493 e. The molecular formula is C20H24NO4+. The van der Waals surface area contributed by atoms with E-state index < -0.39 is 5.54 Å². The van der Waals surface area contributed by atoms with Crippen LogP contribution >= 0.6 is 0 Å². The van der Waals surface area contributed by atoms with Crippen molar-refractivity contribution in [1.29, 1.82) is 0 Å². The zero-order chi connectivity index (χ0) is 17.9. The summed E-state index contributed by atoms with van der Waals surface area (Å²) in [6, 6.07) is 13.9. The molecule has 0 saturated heterocycles. The number of fused-ring (bicyclic) bond motifs is 1. The van der Waals surface area contributed by atoms with Crippen LogP contribution in [-0.2, 0) is 27.9 Å². The van der Waals surface area contributed by atoms with E-state index in [4.69, 9.17) is 14.2 Å². The number of rotatable bonds is 5. The highest BCUT2D eigenvalue weighted by molar-refractivity contribution is 5.82. The highest BCUT2D eigenvalue weighted by atomic mass is 16.5. The molecule has 0 amide bonds. The number of benzene rings is 2. The van der Waals surface area contributed by atoms with Crippen molar-refractivity contribution in [3.63, 3.8) is 0 Å². The third-order valence-electron chi connectivity index (χ3n) is 4.87. The molecule has 0 bridgehead atoms. The van der Waals surface area contributed by atoms with Gasteiger partial charge in [-0.05, 0) is 23.3 Å². The number of carbonyl (C=O) groups is 1. The largest absolute Gasteiger partial charge is 0.493 e. The van der Waals surface area contributed by atoms with Gasteiger partial charge in [0.15, 0.2) is 11.5 Å². The van der Waals surface area contributed by atoms with E-state index in [2.05, 4.69) is 5.32 Å². The first-order valence-corrected chi connectivity index (χ1v) is 8.36. The minimum atomic E-state index is -0.816. The Hall–Kier alpha value is -2.53. The van der Waals surface area contributed by atoms with Crippen LogP contribution in [0.2, 0.25) is 0 Å². The van der Waals surface area contributed by atoms with Crippen molar-refractivity contribution in [3.8, 4) is 11.5 Å². The van der Waals surface area contributed by atoms with E-state index in [0.29, 0.717) is 17.9 Å². The lowest BCUT2D eigenvalue weighted by molar-refractivity contribution is -0.726. The van der Waals surface area contributed by atoms with Gasteiger partial charge in [0.1, 0.15) is 0 Å². The molecule has 132 valence electrons. The van der Waals surface area contributed by atoms with Gasteiger partial charge >= 0.3 is 5.97 Å². The maximum Gasteiger partial charge on any atom is 0.373 e. The summed E-state index contributed by atoms with van der Waals surface area (Å²) in [5, 5.41) is 2.08. The number of esters is 1. The Balaban J connectivity index is 2.16. The SMILES string of the molecule is COC(=O)[C@]1(Cc2ccccc2)[NH2+]CCc2cc(OC)c(OC)cc21. The van der Waals surface area contributed by atoms with Crippen LogP contribution in [-0.4, -0.2) is 33.8 Å². The summed E-state index contributed by atoms with van der Waals surface area (Å²) in [5.41, 5.74) is 2.31. The maximum absolute atomic E-state index is 12.9. The Bertz CT molecular complexity index is 760. The third-order valence-corrected chi connectivity index (χ3v) is 4.87. The van der Waals surface area contributed by atoms with E-state index in [-0.39, 0.29) is 5.97 Å². The molecule has 0 aliphatic carbocycles. The van der Waals surface area contributed by atoms with Crippen LogP contribution in [0.5, 0.6) is 11.5 Å². The van der Waals surface area contributed by atoms with Crippen molar-refractivity contribution in [2.24, 2.45) is 0 Å². The summed E-state index contributed by atoms with van der Waals surface area (Å²) in [6.07, 6.45) is 1.42. The fourth-order valence-corrected chi connectivity index (χ4v) is 3.66. The van der Waals surface area contributed by atoms with Crippen LogP contribution < -0.4 is 14.8 Å². The van der Waals surface area contributed by atoms with Gasteiger partial charge in [-0.15, -0.1) is 0 Å². The highest BCUT2D eigenvalue weighted by Crippen LogP contribution is 2.37. The molecule has 0 fully saturated rings. The van der Waals surface area contributed by atoms with Crippen LogP contribution in [0.15, 0.2) is 42.5 Å². The molecular weight excluding hydrogens is 318 g/mol. The van der Waals surface area contributed by atoms with Crippen LogP contribution in [0, 0.1) is 0 Å². The van der Waals surface area contributed by atoms with E-state index in [0.717, 1.165) is 29.7 Å². The number of quaternary nitrogens is 1. The van der Waals surface area contributed by atoms with Gasteiger partial charge in [0.05, 0.1) is 27.9 Å². The van der Waals surface area contributed by atoms with Crippen LogP contribution in [0.3, 0.4) is 0 Å². The van der Waals surface area contributed by atoms with Gasteiger partial charge in [-0.25, -0.2) is 4.79 Å². The summed E-state index contributed by atoms with van der Waals surface area (Å²) < 4.78 is 16.1. The van der Waals surface area contributed by atoms with Crippen LogP contribution in [0.25, 0.3) is 0 Å². The fourth-order valence-electron chi connectivity index (χ4n) is 3.66. The molecule has 1 atom stereocenters. The smallest absolute Gasteiger partial charge is 0.373 e. The lowest BCUT2D eigenvalue weighted by atomic mass is 9.78. The van der Waals surface area contributed by atoms with Gasteiger partial charge in [-0.2, -0.15) is 0 Å². The average Bonchev–Trinajstić information content (AvgIpc) is 2.67. The first-order chi connectivity index (χ1) is 12.1. The second-order valence-corrected chi connectivity index (χ2v) is 6.23. The summed E-state index contributed by atoms with van der Waals surface area (Å²) in [7, 11) is 4.67. The monoisotopic (exact) mass is 342 g/mol. The number of hydrogen-bond donors (Lipinski definition) is 1. The summed E-state index contributed by atoms with van der Waals surface area (Å²) >= 11 is 0. The first-order valence-electron chi connectivity index (χ1n) is 8.36. The molecule has 1 aliphatic heterocycles. The van der Waals surface area contributed by atoms with Gasteiger partial charge < -0.3 is 19.5 Å². The topological polar surface area (TPSA) is 61.4 Å². The van der Waals surface area contributed by atoms with E-state index in [9.17, 15) is 4.79 Å². The Labute approximate surface area is 147 Å². The molecule has 0 saturated carbocycles. The number of carbonyl (C=O) groups excluding carboxylic acids is 1. The quantitative estimate of drug-likeness (QED) is 0.835. The minimum absolute atomic E-state index is 0.246. The molecule has 5 nitrogen and oxygen atoms in total. The molecule has 0 unspecified atom stereocenters. The molecule has 3 rings (SSSR count). The molecule has 2 N–H and O–H groups in total. The van der Waals surface area contributed by atoms with E-state index in [1.165, 1.54) is 7.11 Å². The van der Waals surface area contributed by atoms with Crippen molar-refractivity contribution >= 4 is 5.97 Å². The Morgan fingerprint density at radius 2 is 1.76 bits per heavy atom. The number of nitrogens with two attached hydrogens (primary N) is 1. The molecule has 1 heterocycles. The second-order valence-electron chi connectivity index (χ2n) is 6.23. The van der Waals surface area contributed by atoms with Crippen molar-refractivity contribution in [1.82, 2.24) is 0 Å². The van der Waals surface area contributed by atoms with E-state index >= 15 is 0 Å². The van der Waals surface area contributed by atoms with Crippen molar-refractivity contribution < 1.29 is 24.3 Å². The Morgan fingerprint density at radius 1 is 1.08 bits per heavy atom. The normalized spacial score (nSPS) is 19.0. The molecule has 5 heteroatoms. The first kappa shape index (κ1) is 17.3. The maximum atomic E-state index is 12.9. The molecule has 0 aromatic heterocycles. The zero-order valence-corrected chi connectivity index (χ0v) is 14.9. The van der Waals surface area contributed by atoms with Crippen LogP contribution in [0.4, 0.5) is 0 Å². The van der Waals surface area contributed by atoms with Crippen molar-refractivity contribution in [2.45, 2.75) is 18.4 Å². The third kappa shape index (κ3) is 3.07. The number of methoxy groups -OCH3 is 3. The summed E-state index contributed by atoms with van der Waals surface area (Å²) in [4.78, 5) is 12.9. The summed E-state index contributed by atoms with van der Waals surface area (Å²) in [6.45, 7) is 0.810. The van der Waals surface area contributed by atoms with Gasteiger partial charge in [-0.1, -0.05) is 30.3 Å². The fraction of sp³-hybridized carbons (Fsp3) is 0.350. The Kier molecular flexibility index (Phi) is 4.95. The zero-order valence-electron chi connectivity index (χ0n) is 14.9. The lowest BCUT2D eigenvalue weighted by Gasteiger charge is -2.35. The van der Waals surface area contributed by atoms with Gasteiger partial charge in [0.2, 0.25) is 5.54 Å². The average molecular weight is 342 g/mol. The molecule has 2 aromatic rings. The standard InChI is InChI=1S/C20H23NO4/c1-23-17-11-15-9-10-21-20(19(22)25-3,16(15)12-18(17)24-2)13-14-7-5-4-6-8-14/h4-8,11-12,21H,9-10,13H2,1-3H3/p+1/t20-/m1/s1. The lowest BCUT2D eigenvalue weighted by Crippen LogP contribution is -2.99. The van der Waals surface area contributed by atoms with Crippen molar-refractivity contribution in [2.75, 3.05) is 27.9 Å². The van der Waals surface area contributed by atoms with Gasteiger partial charge in [0.25, 0.3) is 0 Å². The molecule has 1 aliphatic rings. The molecule has 25 heavy (non-hydrogen) atoms. The van der Waals surface area contributed by atoms with Gasteiger partial charge in [0, 0.05) is 18.4 Å². The Morgan fingerprint density at radius 3 is 2.40 bits per heavy atom. The van der Waals surface area contributed by atoms with Crippen molar-refractivity contribution in [3.05, 3.63) is 59.2 Å². The highest BCUT2D eigenvalue weighted by Gasteiger charge is 2.49. The van der Waals surface area contributed by atoms with Gasteiger partial charge in [-0.3, -0.25) is 0 Å².